The first-order valence-corrected chi connectivity index (χ1v) is 11.9. The molecule has 3 heterocycles. The second-order valence-electron chi connectivity index (χ2n) is 6.87. The van der Waals surface area contributed by atoms with Gasteiger partial charge >= 0.3 is 0 Å². The van der Waals surface area contributed by atoms with E-state index in [2.05, 4.69) is 20.5 Å². The van der Waals surface area contributed by atoms with Crippen LogP contribution < -0.4 is 11.1 Å². The number of carbonyl (C=O) groups excluding carboxylic acids is 4. The molecule has 1 aliphatic heterocycles. The van der Waals surface area contributed by atoms with Crippen molar-refractivity contribution in [3.63, 3.8) is 0 Å². The minimum absolute atomic E-state index is 0.0772. The fraction of sp³-hybridized carbons (Fsp3) is 0.350. The molecule has 0 bridgehead atoms. The molecule has 13 heteroatoms. The molecule has 174 valence electrons. The predicted octanol–water partition coefficient (Wildman–Crippen LogP) is 1.06. The number of amides is 4. The fourth-order valence-electron chi connectivity index (χ4n) is 2.96. The normalized spacial score (nSPS) is 14.8. The molecule has 0 aromatic carbocycles. The van der Waals surface area contributed by atoms with Crippen molar-refractivity contribution < 1.29 is 19.2 Å². The Hall–Kier alpha value is -3.19. The van der Waals surface area contributed by atoms with Gasteiger partial charge in [0.05, 0.1) is 10.7 Å². The van der Waals surface area contributed by atoms with Crippen LogP contribution in [-0.4, -0.2) is 66.5 Å². The highest BCUT2D eigenvalue weighted by Crippen LogP contribution is 2.31. The van der Waals surface area contributed by atoms with Crippen LogP contribution in [0.4, 0.5) is 4.79 Å². The summed E-state index contributed by atoms with van der Waals surface area (Å²) in [5.41, 5.74) is 5.91. The molecule has 0 atom stereocenters. The number of imide groups is 1. The van der Waals surface area contributed by atoms with E-state index in [-0.39, 0.29) is 36.4 Å². The van der Waals surface area contributed by atoms with E-state index in [1.165, 1.54) is 11.8 Å². The third kappa shape index (κ3) is 6.65. The lowest BCUT2D eigenvalue weighted by Crippen LogP contribution is -2.37. The quantitative estimate of drug-likeness (QED) is 0.348. The van der Waals surface area contributed by atoms with Gasteiger partial charge in [-0.05, 0) is 36.4 Å². The van der Waals surface area contributed by atoms with Gasteiger partial charge < -0.3 is 15.6 Å². The molecular weight excluding hydrogens is 466 g/mol. The molecule has 0 spiro atoms. The van der Waals surface area contributed by atoms with Gasteiger partial charge in [-0.3, -0.25) is 29.1 Å². The Balaban J connectivity index is 1.46. The highest BCUT2D eigenvalue weighted by Gasteiger charge is 2.34. The predicted molar refractivity (Wildman–Crippen MR) is 124 cm³/mol. The Morgan fingerprint density at radius 3 is 2.82 bits per heavy atom. The van der Waals surface area contributed by atoms with Crippen molar-refractivity contribution in [3.05, 3.63) is 40.8 Å². The molecule has 0 saturated carbocycles. The number of aromatic nitrogens is 4. The number of nitrogens with one attached hydrogen (secondary N) is 1. The van der Waals surface area contributed by atoms with Gasteiger partial charge in [0.15, 0.2) is 5.16 Å². The molecule has 2 aromatic heterocycles. The van der Waals surface area contributed by atoms with Crippen LogP contribution in [0.1, 0.15) is 24.7 Å². The molecule has 3 rings (SSSR count). The van der Waals surface area contributed by atoms with Gasteiger partial charge in [0.25, 0.3) is 11.1 Å². The summed E-state index contributed by atoms with van der Waals surface area (Å²) in [4.78, 5) is 53.3. The zero-order valence-electron chi connectivity index (χ0n) is 17.9. The third-order valence-corrected chi connectivity index (χ3v) is 6.42. The van der Waals surface area contributed by atoms with Gasteiger partial charge in [0.1, 0.15) is 5.82 Å². The van der Waals surface area contributed by atoms with Crippen molar-refractivity contribution in [1.82, 2.24) is 30.0 Å². The summed E-state index contributed by atoms with van der Waals surface area (Å²) in [6, 6.07) is 3.54. The number of pyridine rings is 1. The van der Waals surface area contributed by atoms with Crippen molar-refractivity contribution >= 4 is 52.6 Å². The van der Waals surface area contributed by atoms with Crippen molar-refractivity contribution in [2.24, 2.45) is 5.73 Å². The van der Waals surface area contributed by atoms with Crippen LogP contribution in [0.15, 0.2) is 34.6 Å². The van der Waals surface area contributed by atoms with Crippen LogP contribution in [-0.2, 0) is 27.3 Å². The molecule has 0 aliphatic carbocycles. The van der Waals surface area contributed by atoms with Gasteiger partial charge in [-0.15, -0.1) is 10.2 Å². The number of hydrogen-bond acceptors (Lipinski definition) is 9. The Morgan fingerprint density at radius 2 is 2.12 bits per heavy atom. The Bertz CT molecular complexity index is 1070. The summed E-state index contributed by atoms with van der Waals surface area (Å²) in [6.07, 6.45) is 5.41. The first kappa shape index (κ1) is 24.5. The van der Waals surface area contributed by atoms with Gasteiger partial charge in [-0.25, -0.2) is 0 Å². The summed E-state index contributed by atoms with van der Waals surface area (Å²) < 4.78 is 1.83. The standard InChI is InChI=1S/C20H23N7O4S2/c1-2-26-16(6-5-15(21)28)24-25-19(26)32-12-17(29)23-8-9-27-18(30)14(33-20(27)31)10-13-4-3-7-22-11-13/h3-4,7,10-11H,2,5-6,8-9,12H2,1H3,(H2,21,28)(H,23,29)/b14-10-. The number of nitrogens with zero attached hydrogens (tertiary/aromatic N) is 5. The number of hydrogen-bond donors (Lipinski definition) is 2. The number of carbonyl (C=O) groups is 4. The minimum Gasteiger partial charge on any atom is -0.370 e. The first-order chi connectivity index (χ1) is 15.9. The van der Waals surface area contributed by atoms with E-state index in [9.17, 15) is 19.2 Å². The maximum Gasteiger partial charge on any atom is 0.293 e. The average molecular weight is 490 g/mol. The van der Waals surface area contributed by atoms with E-state index < -0.39 is 11.8 Å². The molecule has 3 N–H and O–H groups in total. The van der Waals surface area contributed by atoms with Crippen molar-refractivity contribution in [2.75, 3.05) is 18.8 Å². The Labute approximate surface area is 198 Å². The highest BCUT2D eigenvalue weighted by molar-refractivity contribution is 8.18. The second kappa shape index (κ2) is 11.6. The zero-order chi connectivity index (χ0) is 23.8. The molecule has 0 unspecified atom stereocenters. The SMILES string of the molecule is CCn1c(CCC(N)=O)nnc1SCC(=O)NCCN1C(=O)S/C(=C\c2cccnc2)C1=O. The van der Waals surface area contributed by atoms with E-state index in [0.29, 0.717) is 28.9 Å². The summed E-state index contributed by atoms with van der Waals surface area (Å²) in [5.74, 6) is -0.337. The topological polar surface area (TPSA) is 153 Å². The fourth-order valence-corrected chi connectivity index (χ4v) is 4.67. The lowest BCUT2D eigenvalue weighted by atomic mass is 10.2. The summed E-state index contributed by atoms with van der Waals surface area (Å²) in [5, 5.41) is 11.0. The van der Waals surface area contributed by atoms with E-state index in [1.54, 1.807) is 30.6 Å². The van der Waals surface area contributed by atoms with Crippen LogP contribution in [0.5, 0.6) is 0 Å². The molecule has 1 aliphatic rings. The van der Waals surface area contributed by atoms with Crippen LogP contribution in [0.3, 0.4) is 0 Å². The number of rotatable bonds is 11. The number of nitrogens with two attached hydrogens (primary N) is 1. The monoisotopic (exact) mass is 489 g/mol. The van der Waals surface area contributed by atoms with Crippen molar-refractivity contribution in [2.45, 2.75) is 31.5 Å². The molecule has 11 nitrogen and oxygen atoms in total. The Morgan fingerprint density at radius 1 is 1.30 bits per heavy atom. The molecule has 1 saturated heterocycles. The van der Waals surface area contributed by atoms with Crippen molar-refractivity contribution in [3.8, 4) is 0 Å². The lowest BCUT2D eigenvalue weighted by molar-refractivity contribution is -0.123. The molecule has 2 aromatic rings. The van der Waals surface area contributed by atoms with Crippen LogP contribution in [0.25, 0.3) is 6.08 Å². The zero-order valence-corrected chi connectivity index (χ0v) is 19.5. The minimum atomic E-state index is -0.415. The van der Waals surface area contributed by atoms with Crippen LogP contribution in [0.2, 0.25) is 0 Å². The van der Waals surface area contributed by atoms with Crippen molar-refractivity contribution in [1.29, 1.82) is 0 Å². The Kier molecular flexibility index (Phi) is 8.60. The average Bonchev–Trinajstić information content (AvgIpc) is 3.31. The maximum absolute atomic E-state index is 12.5. The summed E-state index contributed by atoms with van der Waals surface area (Å²) in [7, 11) is 0. The van der Waals surface area contributed by atoms with Gasteiger partial charge in [-0.1, -0.05) is 17.8 Å². The largest absolute Gasteiger partial charge is 0.370 e. The number of aryl methyl sites for hydroxylation is 1. The molecule has 33 heavy (non-hydrogen) atoms. The highest BCUT2D eigenvalue weighted by atomic mass is 32.2. The van der Waals surface area contributed by atoms with Gasteiger partial charge in [0.2, 0.25) is 11.8 Å². The van der Waals surface area contributed by atoms with Gasteiger partial charge in [-0.2, -0.15) is 0 Å². The second-order valence-corrected chi connectivity index (χ2v) is 8.80. The number of thioether (sulfide) groups is 2. The van der Waals surface area contributed by atoms with E-state index in [4.69, 9.17) is 5.73 Å². The van der Waals surface area contributed by atoms with Crippen LogP contribution in [0, 0.1) is 0 Å². The number of primary amides is 1. The van der Waals surface area contributed by atoms with Crippen LogP contribution >= 0.6 is 23.5 Å². The smallest absolute Gasteiger partial charge is 0.293 e. The maximum atomic E-state index is 12.5. The molecule has 4 amide bonds. The van der Waals surface area contributed by atoms with E-state index in [0.717, 1.165) is 22.2 Å². The third-order valence-electron chi connectivity index (χ3n) is 4.55. The van der Waals surface area contributed by atoms with Gasteiger partial charge in [0, 0.05) is 44.9 Å². The molecular formula is C20H23N7O4S2. The molecule has 1 fully saturated rings. The van der Waals surface area contributed by atoms with E-state index >= 15 is 0 Å². The van der Waals surface area contributed by atoms with E-state index in [1.807, 2.05) is 11.5 Å². The summed E-state index contributed by atoms with van der Waals surface area (Å²) >= 11 is 2.08. The first-order valence-electron chi connectivity index (χ1n) is 10.1. The molecule has 0 radical (unpaired) electrons. The summed E-state index contributed by atoms with van der Waals surface area (Å²) in [6.45, 7) is 2.73. The lowest BCUT2D eigenvalue weighted by Gasteiger charge is -2.13.